The summed E-state index contributed by atoms with van der Waals surface area (Å²) in [5, 5.41) is 8.28. The molecule has 7 heteroatoms. The van der Waals surface area contributed by atoms with E-state index in [1.807, 2.05) is 49.4 Å². The average molecular weight is 442 g/mol. The molecular formula is C26H27N5O2. The molecule has 0 radical (unpaired) electrons. The molecule has 1 aliphatic heterocycles. The smallest absolute Gasteiger partial charge is 0.263 e. The van der Waals surface area contributed by atoms with Crippen LogP contribution < -0.4 is 10.2 Å². The Morgan fingerprint density at radius 2 is 1.79 bits per heavy atom. The summed E-state index contributed by atoms with van der Waals surface area (Å²) < 4.78 is 5.52. The number of rotatable bonds is 5. The van der Waals surface area contributed by atoms with Gasteiger partial charge in [0.2, 0.25) is 5.91 Å². The van der Waals surface area contributed by atoms with E-state index in [1.54, 1.807) is 0 Å². The number of aryl methyl sites for hydroxylation is 1. The molecule has 0 saturated carbocycles. The Kier molecular flexibility index (Phi) is 5.77. The molecule has 2 aromatic heterocycles. The highest BCUT2D eigenvalue weighted by molar-refractivity contribution is 5.98. The minimum absolute atomic E-state index is 0.00714. The molecule has 0 bridgehead atoms. The zero-order chi connectivity index (χ0) is 22.8. The summed E-state index contributed by atoms with van der Waals surface area (Å²) in [4.78, 5) is 23.9. The molecular weight excluding hydrogens is 414 g/mol. The van der Waals surface area contributed by atoms with Crippen molar-refractivity contribution in [3.8, 4) is 11.3 Å². The number of hydrogen-bond acceptors (Lipinski definition) is 6. The van der Waals surface area contributed by atoms with Gasteiger partial charge < -0.3 is 14.7 Å². The predicted octanol–water partition coefficient (Wildman–Crippen LogP) is 4.69. The number of benzene rings is 2. The van der Waals surface area contributed by atoms with Gasteiger partial charge in [-0.2, -0.15) is 4.98 Å². The zero-order valence-corrected chi connectivity index (χ0v) is 18.9. The van der Waals surface area contributed by atoms with Crippen molar-refractivity contribution in [2.75, 3.05) is 18.0 Å². The number of fused-ring (bicyclic) bond motifs is 1. The molecule has 3 heterocycles. The molecule has 1 N–H and O–H groups in total. The van der Waals surface area contributed by atoms with Gasteiger partial charge in [0.1, 0.15) is 23.2 Å². The van der Waals surface area contributed by atoms with E-state index < -0.39 is 0 Å². The molecule has 7 nitrogen and oxygen atoms in total. The maximum atomic E-state index is 12.9. The van der Waals surface area contributed by atoms with Crippen LogP contribution in [0.15, 0.2) is 65.4 Å². The number of carbonyl (C=O) groups is 1. The third-order valence-corrected chi connectivity index (χ3v) is 6.40. The average Bonchev–Trinajstić information content (AvgIpc) is 3.29. The van der Waals surface area contributed by atoms with Crippen molar-refractivity contribution in [1.29, 1.82) is 0 Å². The fraction of sp³-hybridized carbons (Fsp3) is 0.308. The molecule has 1 saturated heterocycles. The molecule has 2 aromatic carbocycles. The zero-order valence-electron chi connectivity index (χ0n) is 18.9. The molecule has 0 aliphatic carbocycles. The molecule has 1 aliphatic rings. The van der Waals surface area contributed by atoms with Gasteiger partial charge in [-0.1, -0.05) is 65.3 Å². The van der Waals surface area contributed by atoms with E-state index in [0.717, 1.165) is 54.0 Å². The highest BCUT2D eigenvalue weighted by atomic mass is 16.5. The fourth-order valence-corrected chi connectivity index (χ4v) is 4.43. The third kappa shape index (κ3) is 4.31. The maximum absolute atomic E-state index is 12.9. The van der Waals surface area contributed by atoms with Crippen molar-refractivity contribution in [3.63, 3.8) is 0 Å². The van der Waals surface area contributed by atoms with Gasteiger partial charge in [0, 0.05) is 24.6 Å². The standard InChI is InChI=1S/C26H27N5O2/c1-17-8-10-20(11-9-17)23-22-24(27-16-28-26(22)33-30-23)31-14-12-21(13-15-31)25(32)29-18(2)19-6-4-3-5-7-19/h3-11,16,18,21H,12-15H2,1-2H3,(H,29,32)/t18-/m0/s1. The lowest BCUT2D eigenvalue weighted by Gasteiger charge is -2.32. The van der Waals surface area contributed by atoms with Crippen LogP contribution in [0.2, 0.25) is 0 Å². The largest absolute Gasteiger partial charge is 0.356 e. The first-order valence-corrected chi connectivity index (χ1v) is 11.4. The van der Waals surface area contributed by atoms with Crippen LogP contribution >= 0.6 is 0 Å². The second-order valence-electron chi connectivity index (χ2n) is 8.68. The van der Waals surface area contributed by atoms with Crippen LogP contribution in [0.3, 0.4) is 0 Å². The van der Waals surface area contributed by atoms with Gasteiger partial charge in [0.15, 0.2) is 0 Å². The van der Waals surface area contributed by atoms with E-state index >= 15 is 0 Å². The number of anilines is 1. The topological polar surface area (TPSA) is 84.2 Å². The monoisotopic (exact) mass is 441 g/mol. The van der Waals surface area contributed by atoms with E-state index in [2.05, 4.69) is 44.4 Å². The normalized spacial score (nSPS) is 15.5. The van der Waals surface area contributed by atoms with Crippen LogP contribution in [-0.4, -0.2) is 34.1 Å². The predicted molar refractivity (Wildman–Crippen MR) is 128 cm³/mol. The minimum Gasteiger partial charge on any atom is -0.356 e. The van der Waals surface area contributed by atoms with Crippen molar-refractivity contribution in [2.24, 2.45) is 5.92 Å². The van der Waals surface area contributed by atoms with Crippen molar-refractivity contribution >= 4 is 22.8 Å². The second-order valence-corrected chi connectivity index (χ2v) is 8.68. The van der Waals surface area contributed by atoms with Gasteiger partial charge in [-0.05, 0) is 32.3 Å². The minimum atomic E-state index is -0.0104. The van der Waals surface area contributed by atoms with Crippen LogP contribution in [0.1, 0.15) is 36.9 Å². The number of nitrogens with one attached hydrogen (secondary N) is 1. The van der Waals surface area contributed by atoms with Crippen LogP contribution in [0, 0.1) is 12.8 Å². The number of amides is 1. The lowest BCUT2D eigenvalue weighted by atomic mass is 9.95. The van der Waals surface area contributed by atoms with E-state index in [9.17, 15) is 4.79 Å². The quantitative estimate of drug-likeness (QED) is 0.484. The summed E-state index contributed by atoms with van der Waals surface area (Å²) >= 11 is 0. The molecule has 0 spiro atoms. The summed E-state index contributed by atoms with van der Waals surface area (Å²) in [6.45, 7) is 5.56. The Labute approximate surface area is 192 Å². The van der Waals surface area contributed by atoms with Gasteiger partial charge in [-0.3, -0.25) is 4.79 Å². The molecule has 33 heavy (non-hydrogen) atoms. The van der Waals surface area contributed by atoms with Gasteiger partial charge in [0.05, 0.1) is 6.04 Å². The van der Waals surface area contributed by atoms with E-state index in [1.165, 1.54) is 11.9 Å². The third-order valence-electron chi connectivity index (χ3n) is 6.40. The van der Waals surface area contributed by atoms with Crippen LogP contribution in [0.5, 0.6) is 0 Å². The highest BCUT2D eigenvalue weighted by Gasteiger charge is 2.29. The summed E-state index contributed by atoms with van der Waals surface area (Å²) in [7, 11) is 0. The van der Waals surface area contributed by atoms with Gasteiger partial charge in [-0.15, -0.1) is 0 Å². The fourth-order valence-electron chi connectivity index (χ4n) is 4.43. The Balaban J connectivity index is 1.31. The van der Waals surface area contributed by atoms with E-state index in [0.29, 0.717) is 5.71 Å². The van der Waals surface area contributed by atoms with Crippen LogP contribution in [-0.2, 0) is 4.79 Å². The lowest BCUT2D eigenvalue weighted by Crippen LogP contribution is -2.41. The van der Waals surface area contributed by atoms with Crippen LogP contribution in [0.4, 0.5) is 5.82 Å². The number of carbonyl (C=O) groups excluding carboxylic acids is 1. The Hall–Kier alpha value is -3.74. The first kappa shape index (κ1) is 21.1. The van der Waals surface area contributed by atoms with Crippen molar-refractivity contribution in [1.82, 2.24) is 20.4 Å². The van der Waals surface area contributed by atoms with E-state index in [-0.39, 0.29) is 17.9 Å². The summed E-state index contributed by atoms with van der Waals surface area (Å²) in [5.41, 5.74) is 4.50. The molecule has 1 atom stereocenters. The maximum Gasteiger partial charge on any atom is 0.263 e. The first-order chi connectivity index (χ1) is 16.1. The number of hydrogen-bond donors (Lipinski definition) is 1. The Bertz CT molecular complexity index is 1240. The molecule has 0 unspecified atom stereocenters. The van der Waals surface area contributed by atoms with E-state index in [4.69, 9.17) is 4.52 Å². The lowest BCUT2D eigenvalue weighted by molar-refractivity contribution is -0.126. The SMILES string of the molecule is Cc1ccc(-c2noc3ncnc(N4CCC(C(=O)N[C@@H](C)c5ccccc5)CC4)c23)cc1. The Morgan fingerprint density at radius 3 is 2.52 bits per heavy atom. The second kappa shape index (κ2) is 9.02. The van der Waals surface area contributed by atoms with Gasteiger partial charge >= 0.3 is 0 Å². The molecule has 5 rings (SSSR count). The van der Waals surface area contributed by atoms with Crippen LogP contribution in [0.25, 0.3) is 22.4 Å². The van der Waals surface area contributed by atoms with Crippen molar-refractivity contribution in [3.05, 3.63) is 72.1 Å². The van der Waals surface area contributed by atoms with Gasteiger partial charge in [0.25, 0.3) is 5.71 Å². The molecule has 1 amide bonds. The first-order valence-electron chi connectivity index (χ1n) is 11.4. The molecule has 168 valence electrons. The van der Waals surface area contributed by atoms with Crippen molar-refractivity contribution in [2.45, 2.75) is 32.7 Å². The summed E-state index contributed by atoms with van der Waals surface area (Å²) in [5.74, 6) is 0.918. The summed E-state index contributed by atoms with van der Waals surface area (Å²) in [6.07, 6.45) is 3.05. The molecule has 4 aromatic rings. The number of nitrogens with zero attached hydrogens (tertiary/aromatic N) is 4. The Morgan fingerprint density at radius 1 is 1.06 bits per heavy atom. The number of aromatic nitrogens is 3. The summed E-state index contributed by atoms with van der Waals surface area (Å²) in [6, 6.07) is 18.2. The van der Waals surface area contributed by atoms with Gasteiger partial charge in [-0.25, -0.2) is 4.98 Å². The number of piperidine rings is 1. The van der Waals surface area contributed by atoms with Crippen molar-refractivity contribution < 1.29 is 9.32 Å². The highest BCUT2D eigenvalue weighted by Crippen LogP contribution is 2.34. The molecule has 1 fully saturated rings.